The van der Waals surface area contributed by atoms with Crippen LogP contribution in [0.3, 0.4) is 0 Å². The Kier molecular flexibility index (Phi) is 5.32. The van der Waals surface area contributed by atoms with Crippen LogP contribution >= 0.6 is 11.3 Å². The fourth-order valence-corrected chi connectivity index (χ4v) is 3.49. The van der Waals surface area contributed by atoms with Crippen LogP contribution in [0.2, 0.25) is 0 Å². The number of benzene rings is 1. The average molecular weight is 291 g/mol. The fourth-order valence-electron chi connectivity index (χ4n) is 2.47. The predicted octanol–water partition coefficient (Wildman–Crippen LogP) is 4.87. The molecule has 0 saturated heterocycles. The molecule has 1 aromatic carbocycles. The second-order valence-electron chi connectivity index (χ2n) is 5.30. The normalized spacial score (nSPS) is 14.2. The molecule has 2 unspecified atom stereocenters. The lowest BCUT2D eigenvalue weighted by Crippen LogP contribution is -2.31. The summed E-state index contributed by atoms with van der Waals surface area (Å²) in [4.78, 5) is 2.75. The minimum atomic E-state index is -0.163. The zero-order valence-corrected chi connectivity index (χ0v) is 13.1. The van der Waals surface area contributed by atoms with Crippen molar-refractivity contribution in [2.24, 2.45) is 0 Å². The number of aryl methyl sites for hydroxylation is 1. The van der Waals surface area contributed by atoms with Crippen LogP contribution in [-0.4, -0.2) is 6.04 Å². The zero-order chi connectivity index (χ0) is 14.5. The summed E-state index contributed by atoms with van der Waals surface area (Å²) >= 11 is 1.85. The van der Waals surface area contributed by atoms with Crippen LogP contribution in [0.5, 0.6) is 0 Å². The van der Waals surface area contributed by atoms with Gasteiger partial charge in [0.2, 0.25) is 0 Å². The van der Waals surface area contributed by atoms with E-state index in [9.17, 15) is 4.39 Å². The summed E-state index contributed by atoms with van der Waals surface area (Å²) in [5, 5.41) is 3.61. The number of hydrogen-bond acceptors (Lipinski definition) is 2. The third-order valence-corrected chi connectivity index (χ3v) is 4.47. The Hall–Kier alpha value is -1.19. The van der Waals surface area contributed by atoms with Gasteiger partial charge in [0, 0.05) is 21.8 Å². The van der Waals surface area contributed by atoms with E-state index in [-0.39, 0.29) is 11.9 Å². The molecule has 1 aromatic heterocycles. The van der Waals surface area contributed by atoms with Crippen LogP contribution in [0, 0.1) is 12.7 Å². The molecule has 108 valence electrons. The molecule has 2 rings (SSSR count). The number of nitrogens with one attached hydrogen (secondary N) is 1. The summed E-state index contributed by atoms with van der Waals surface area (Å²) < 4.78 is 13.3. The molecule has 0 aliphatic heterocycles. The standard InChI is InChI=1S/C17H22FNS/c1-4-17(14-6-5-7-15(18)11-14)19-12(2)10-16-9-8-13(3)20-16/h5-9,11-12,17,19H,4,10H2,1-3H3. The van der Waals surface area contributed by atoms with E-state index in [0.29, 0.717) is 6.04 Å². The Balaban J connectivity index is 1.99. The second-order valence-corrected chi connectivity index (χ2v) is 6.67. The first kappa shape index (κ1) is 15.2. The summed E-state index contributed by atoms with van der Waals surface area (Å²) in [7, 11) is 0. The Morgan fingerprint density at radius 2 is 2.05 bits per heavy atom. The molecule has 0 spiro atoms. The lowest BCUT2D eigenvalue weighted by atomic mass is 10.0. The number of rotatable bonds is 6. The molecule has 0 aliphatic carbocycles. The minimum Gasteiger partial charge on any atom is -0.307 e. The van der Waals surface area contributed by atoms with E-state index in [2.05, 4.69) is 38.2 Å². The molecule has 0 fully saturated rings. The van der Waals surface area contributed by atoms with Gasteiger partial charge in [0.25, 0.3) is 0 Å². The van der Waals surface area contributed by atoms with Gasteiger partial charge in [-0.25, -0.2) is 4.39 Å². The van der Waals surface area contributed by atoms with Gasteiger partial charge in [0.15, 0.2) is 0 Å². The topological polar surface area (TPSA) is 12.0 Å². The maximum atomic E-state index is 13.3. The molecule has 0 saturated carbocycles. The Morgan fingerprint density at radius 3 is 2.65 bits per heavy atom. The highest BCUT2D eigenvalue weighted by molar-refractivity contribution is 7.11. The lowest BCUT2D eigenvalue weighted by molar-refractivity contribution is 0.443. The van der Waals surface area contributed by atoms with Gasteiger partial charge in [0.1, 0.15) is 5.82 Å². The molecule has 1 N–H and O–H groups in total. The second kappa shape index (κ2) is 7.00. The summed E-state index contributed by atoms with van der Waals surface area (Å²) in [6.45, 7) is 6.45. The molecule has 1 heterocycles. The first-order chi connectivity index (χ1) is 9.58. The van der Waals surface area contributed by atoms with Gasteiger partial charge in [-0.3, -0.25) is 0 Å². The van der Waals surface area contributed by atoms with Crippen molar-refractivity contribution < 1.29 is 4.39 Å². The summed E-state index contributed by atoms with van der Waals surface area (Å²) in [6, 6.07) is 11.8. The van der Waals surface area contributed by atoms with Crippen LogP contribution in [0.4, 0.5) is 4.39 Å². The van der Waals surface area contributed by atoms with Gasteiger partial charge >= 0.3 is 0 Å². The Bertz CT molecular complexity index is 549. The van der Waals surface area contributed by atoms with Crippen molar-refractivity contribution in [2.45, 2.75) is 45.7 Å². The molecule has 0 amide bonds. The third-order valence-electron chi connectivity index (χ3n) is 3.45. The molecule has 3 heteroatoms. The van der Waals surface area contributed by atoms with E-state index in [0.717, 1.165) is 18.4 Å². The van der Waals surface area contributed by atoms with Crippen molar-refractivity contribution in [1.82, 2.24) is 5.32 Å². The van der Waals surface area contributed by atoms with E-state index in [4.69, 9.17) is 0 Å². The third kappa shape index (κ3) is 4.15. The maximum Gasteiger partial charge on any atom is 0.123 e. The highest BCUT2D eigenvalue weighted by Crippen LogP contribution is 2.21. The van der Waals surface area contributed by atoms with Crippen molar-refractivity contribution >= 4 is 11.3 Å². The smallest absolute Gasteiger partial charge is 0.123 e. The summed E-state index contributed by atoms with van der Waals surface area (Å²) in [6.07, 6.45) is 1.97. The van der Waals surface area contributed by atoms with Crippen molar-refractivity contribution in [3.63, 3.8) is 0 Å². The van der Waals surface area contributed by atoms with Crippen molar-refractivity contribution in [3.8, 4) is 0 Å². The van der Waals surface area contributed by atoms with E-state index in [1.807, 2.05) is 17.4 Å². The van der Waals surface area contributed by atoms with Gasteiger partial charge in [-0.05, 0) is 56.5 Å². The molecular weight excluding hydrogens is 269 g/mol. The summed E-state index contributed by atoms with van der Waals surface area (Å²) in [5.74, 6) is -0.163. The van der Waals surface area contributed by atoms with E-state index in [1.165, 1.54) is 15.8 Å². The highest BCUT2D eigenvalue weighted by Gasteiger charge is 2.14. The number of halogens is 1. The van der Waals surface area contributed by atoms with Crippen molar-refractivity contribution in [2.75, 3.05) is 0 Å². The van der Waals surface area contributed by atoms with E-state index < -0.39 is 0 Å². The van der Waals surface area contributed by atoms with Crippen LogP contribution in [0.15, 0.2) is 36.4 Å². The monoisotopic (exact) mass is 291 g/mol. The van der Waals surface area contributed by atoms with Crippen LogP contribution in [0.25, 0.3) is 0 Å². The minimum absolute atomic E-state index is 0.163. The van der Waals surface area contributed by atoms with Crippen LogP contribution in [0.1, 0.15) is 41.6 Å². The molecule has 1 nitrogen and oxygen atoms in total. The number of thiophene rings is 1. The average Bonchev–Trinajstić information content (AvgIpc) is 2.81. The SMILES string of the molecule is CCC(NC(C)Cc1ccc(C)s1)c1cccc(F)c1. The van der Waals surface area contributed by atoms with Crippen molar-refractivity contribution in [3.05, 3.63) is 57.5 Å². The predicted molar refractivity (Wildman–Crippen MR) is 84.8 cm³/mol. The van der Waals surface area contributed by atoms with E-state index >= 15 is 0 Å². The molecule has 0 bridgehead atoms. The Morgan fingerprint density at radius 1 is 1.25 bits per heavy atom. The molecule has 2 atom stereocenters. The highest BCUT2D eigenvalue weighted by atomic mass is 32.1. The largest absolute Gasteiger partial charge is 0.307 e. The first-order valence-corrected chi connectivity index (χ1v) is 7.97. The Labute approximate surface area is 124 Å². The van der Waals surface area contributed by atoms with Gasteiger partial charge in [-0.2, -0.15) is 0 Å². The quantitative estimate of drug-likeness (QED) is 0.801. The lowest BCUT2D eigenvalue weighted by Gasteiger charge is -2.22. The van der Waals surface area contributed by atoms with Gasteiger partial charge in [0.05, 0.1) is 0 Å². The summed E-state index contributed by atoms with van der Waals surface area (Å²) in [5.41, 5.74) is 1.03. The van der Waals surface area contributed by atoms with Crippen molar-refractivity contribution in [1.29, 1.82) is 0 Å². The fraction of sp³-hybridized carbons (Fsp3) is 0.412. The molecule has 20 heavy (non-hydrogen) atoms. The molecule has 0 aliphatic rings. The van der Waals surface area contributed by atoms with Gasteiger partial charge < -0.3 is 5.32 Å². The molecule has 0 radical (unpaired) electrons. The number of hydrogen-bond donors (Lipinski definition) is 1. The molecule has 2 aromatic rings. The van der Waals surface area contributed by atoms with Gasteiger partial charge in [-0.1, -0.05) is 19.1 Å². The van der Waals surface area contributed by atoms with Crippen LogP contribution < -0.4 is 5.32 Å². The molecular formula is C17H22FNS. The van der Waals surface area contributed by atoms with Crippen LogP contribution in [-0.2, 0) is 6.42 Å². The maximum absolute atomic E-state index is 13.3. The van der Waals surface area contributed by atoms with Gasteiger partial charge in [-0.15, -0.1) is 11.3 Å². The van der Waals surface area contributed by atoms with E-state index in [1.54, 1.807) is 12.1 Å². The zero-order valence-electron chi connectivity index (χ0n) is 12.3. The first-order valence-electron chi connectivity index (χ1n) is 7.15.